The van der Waals surface area contributed by atoms with Gasteiger partial charge >= 0.3 is 0 Å². The lowest BCUT2D eigenvalue weighted by Gasteiger charge is -2.14. The average molecular weight is 512 g/mol. The highest BCUT2D eigenvalue weighted by Crippen LogP contribution is 2.36. The molecule has 1 saturated heterocycles. The van der Waals surface area contributed by atoms with E-state index in [-0.39, 0.29) is 5.91 Å². The molecule has 3 aromatic rings. The van der Waals surface area contributed by atoms with Crippen molar-refractivity contribution in [3.05, 3.63) is 93.8 Å². The van der Waals surface area contributed by atoms with Crippen LogP contribution in [0.25, 0.3) is 6.08 Å². The molecule has 1 fully saturated rings. The summed E-state index contributed by atoms with van der Waals surface area (Å²) < 4.78 is 12.8. The van der Waals surface area contributed by atoms with Crippen molar-refractivity contribution in [2.75, 3.05) is 18.1 Å². The van der Waals surface area contributed by atoms with Gasteiger partial charge in [-0.05, 0) is 54.1 Å². The molecular weight excluding hydrogens is 494 g/mol. The number of nitrogens with zero attached hydrogens (tertiary/aromatic N) is 1. The molecule has 0 aromatic heterocycles. The summed E-state index contributed by atoms with van der Waals surface area (Å²) in [6, 6.07) is 24.8. The lowest BCUT2D eigenvalue weighted by molar-refractivity contribution is -0.113. The number of thiocarbonyl (C=S) groups is 1. The van der Waals surface area contributed by atoms with Crippen LogP contribution in [-0.4, -0.2) is 23.4 Å². The molecule has 0 N–H and O–H groups in total. The van der Waals surface area contributed by atoms with E-state index in [1.54, 1.807) is 4.90 Å². The number of hydrogen-bond acceptors (Lipinski definition) is 5. The fraction of sp³-hybridized carbons (Fsp3) is 0.0833. The normalized spacial score (nSPS) is 14.9. The Morgan fingerprint density at radius 2 is 1.58 bits per heavy atom. The summed E-state index contributed by atoms with van der Waals surface area (Å²) in [5.41, 5.74) is 1.66. The van der Waals surface area contributed by atoms with Crippen LogP contribution >= 0.6 is 39.9 Å². The minimum atomic E-state index is -0.119. The van der Waals surface area contributed by atoms with Crippen LogP contribution in [0.4, 0.5) is 5.69 Å². The number of amides is 1. The average Bonchev–Trinajstić information content (AvgIpc) is 3.06. The Balaban J connectivity index is 1.35. The number of para-hydroxylation sites is 1. The fourth-order valence-corrected chi connectivity index (χ4v) is 4.64. The Bertz CT molecular complexity index is 1120. The molecule has 0 radical (unpaired) electrons. The molecule has 1 aliphatic rings. The molecule has 3 aromatic carbocycles. The number of benzene rings is 3. The summed E-state index contributed by atoms with van der Waals surface area (Å²) in [6.45, 7) is 0.906. The van der Waals surface area contributed by atoms with Gasteiger partial charge in [0.1, 0.15) is 24.7 Å². The van der Waals surface area contributed by atoms with Crippen molar-refractivity contribution in [2.45, 2.75) is 0 Å². The van der Waals surface area contributed by atoms with Gasteiger partial charge in [0.2, 0.25) is 0 Å². The minimum absolute atomic E-state index is 0.119. The van der Waals surface area contributed by atoms with E-state index in [1.807, 2.05) is 84.9 Å². The van der Waals surface area contributed by atoms with Gasteiger partial charge in [0.15, 0.2) is 4.32 Å². The van der Waals surface area contributed by atoms with E-state index < -0.39 is 0 Å². The molecule has 0 spiro atoms. The summed E-state index contributed by atoms with van der Waals surface area (Å²) in [4.78, 5) is 15.0. The molecule has 0 atom stereocenters. The lowest BCUT2D eigenvalue weighted by Crippen LogP contribution is -2.27. The number of rotatable bonds is 7. The topological polar surface area (TPSA) is 38.8 Å². The van der Waals surface area contributed by atoms with Gasteiger partial charge in [-0.25, -0.2) is 0 Å². The number of thioether (sulfide) groups is 1. The van der Waals surface area contributed by atoms with Crippen LogP contribution in [0.5, 0.6) is 11.5 Å². The highest BCUT2D eigenvalue weighted by Gasteiger charge is 2.33. The monoisotopic (exact) mass is 511 g/mol. The maximum atomic E-state index is 12.9. The Morgan fingerprint density at radius 1 is 0.903 bits per heavy atom. The van der Waals surface area contributed by atoms with Crippen LogP contribution in [0.2, 0.25) is 0 Å². The molecule has 4 nitrogen and oxygen atoms in total. The van der Waals surface area contributed by atoms with Crippen LogP contribution in [0.15, 0.2) is 88.2 Å². The van der Waals surface area contributed by atoms with Crippen molar-refractivity contribution in [3.8, 4) is 11.5 Å². The Labute approximate surface area is 199 Å². The number of halogens is 1. The SMILES string of the molecule is O=C1/C(=C\c2ccc(OCCOc3ccccc3)cc2)SC(=S)N1c1cccc(Br)c1. The van der Waals surface area contributed by atoms with E-state index in [1.165, 1.54) is 11.8 Å². The highest BCUT2D eigenvalue weighted by molar-refractivity contribution is 9.10. The van der Waals surface area contributed by atoms with Crippen molar-refractivity contribution >= 4 is 61.9 Å². The summed E-state index contributed by atoms with van der Waals surface area (Å²) in [7, 11) is 0. The number of carbonyl (C=O) groups is 1. The molecule has 1 amide bonds. The second kappa shape index (κ2) is 10.1. The predicted octanol–water partition coefficient (Wildman–Crippen LogP) is 6.31. The first-order valence-electron chi connectivity index (χ1n) is 9.54. The Kier molecular flexibility index (Phi) is 7.06. The zero-order valence-electron chi connectivity index (χ0n) is 16.4. The van der Waals surface area contributed by atoms with Crippen LogP contribution in [-0.2, 0) is 4.79 Å². The predicted molar refractivity (Wildman–Crippen MR) is 134 cm³/mol. The number of hydrogen-bond donors (Lipinski definition) is 0. The van der Waals surface area contributed by atoms with Gasteiger partial charge in [0.05, 0.1) is 10.6 Å². The van der Waals surface area contributed by atoms with Crippen LogP contribution in [0.3, 0.4) is 0 Å². The van der Waals surface area contributed by atoms with Crippen LogP contribution in [0, 0.1) is 0 Å². The van der Waals surface area contributed by atoms with E-state index >= 15 is 0 Å². The van der Waals surface area contributed by atoms with E-state index in [9.17, 15) is 4.79 Å². The first-order valence-corrected chi connectivity index (χ1v) is 11.6. The van der Waals surface area contributed by atoms with Crippen molar-refractivity contribution in [1.29, 1.82) is 0 Å². The Morgan fingerprint density at radius 3 is 2.26 bits per heavy atom. The van der Waals surface area contributed by atoms with E-state index in [0.717, 1.165) is 27.2 Å². The van der Waals surface area contributed by atoms with Gasteiger partial charge in [-0.2, -0.15) is 0 Å². The number of anilines is 1. The number of ether oxygens (including phenoxy) is 2. The van der Waals surface area contributed by atoms with Crippen molar-refractivity contribution in [2.24, 2.45) is 0 Å². The third-order valence-corrected chi connectivity index (χ3v) is 6.20. The van der Waals surface area contributed by atoms with Crippen LogP contribution < -0.4 is 14.4 Å². The van der Waals surface area contributed by atoms with Gasteiger partial charge in [0.25, 0.3) is 5.91 Å². The standard InChI is InChI=1S/C24H18BrNO3S2/c25-18-5-4-6-19(16-18)26-23(27)22(31-24(26)30)15-17-9-11-21(12-10-17)29-14-13-28-20-7-2-1-3-8-20/h1-12,15-16H,13-14H2/b22-15+. The largest absolute Gasteiger partial charge is 0.490 e. The van der Waals surface area contributed by atoms with Gasteiger partial charge < -0.3 is 9.47 Å². The highest BCUT2D eigenvalue weighted by atomic mass is 79.9. The lowest BCUT2D eigenvalue weighted by atomic mass is 10.2. The number of carbonyl (C=O) groups excluding carboxylic acids is 1. The second-order valence-corrected chi connectivity index (χ2v) is 9.17. The zero-order valence-corrected chi connectivity index (χ0v) is 19.6. The molecule has 31 heavy (non-hydrogen) atoms. The molecule has 7 heteroatoms. The molecule has 4 rings (SSSR count). The molecule has 0 bridgehead atoms. The molecule has 0 unspecified atom stereocenters. The molecule has 0 saturated carbocycles. The van der Waals surface area contributed by atoms with Gasteiger partial charge in [0, 0.05) is 4.47 Å². The van der Waals surface area contributed by atoms with Gasteiger partial charge in [-0.3, -0.25) is 9.69 Å². The van der Waals surface area contributed by atoms with E-state index in [2.05, 4.69) is 15.9 Å². The Hall–Kier alpha value is -2.61. The molecule has 1 aliphatic heterocycles. The maximum absolute atomic E-state index is 12.9. The van der Waals surface area contributed by atoms with Gasteiger partial charge in [-0.15, -0.1) is 0 Å². The minimum Gasteiger partial charge on any atom is -0.490 e. The van der Waals surface area contributed by atoms with Crippen molar-refractivity contribution in [1.82, 2.24) is 0 Å². The summed E-state index contributed by atoms with van der Waals surface area (Å²) in [5, 5.41) is 0. The molecular formula is C24H18BrNO3S2. The van der Waals surface area contributed by atoms with Gasteiger partial charge in [-0.1, -0.05) is 76.3 Å². The summed E-state index contributed by atoms with van der Waals surface area (Å²) in [5.74, 6) is 1.45. The van der Waals surface area contributed by atoms with Crippen LogP contribution in [0.1, 0.15) is 5.56 Å². The first kappa shape index (κ1) is 21.6. The fourth-order valence-electron chi connectivity index (χ4n) is 2.95. The van der Waals surface area contributed by atoms with Crippen molar-refractivity contribution < 1.29 is 14.3 Å². The van der Waals surface area contributed by atoms with E-state index in [0.29, 0.717) is 22.4 Å². The summed E-state index contributed by atoms with van der Waals surface area (Å²) in [6.07, 6.45) is 1.85. The van der Waals surface area contributed by atoms with Crippen molar-refractivity contribution in [3.63, 3.8) is 0 Å². The second-order valence-electron chi connectivity index (χ2n) is 6.58. The third kappa shape index (κ3) is 5.55. The van der Waals surface area contributed by atoms with E-state index in [4.69, 9.17) is 21.7 Å². The molecule has 1 heterocycles. The third-order valence-electron chi connectivity index (χ3n) is 4.40. The zero-order chi connectivity index (χ0) is 21.6. The maximum Gasteiger partial charge on any atom is 0.270 e. The smallest absolute Gasteiger partial charge is 0.270 e. The first-order chi connectivity index (χ1) is 15.1. The molecule has 156 valence electrons. The quantitative estimate of drug-likeness (QED) is 0.211. The molecule has 0 aliphatic carbocycles. The summed E-state index contributed by atoms with van der Waals surface area (Å²) >= 11 is 10.2.